The second-order valence-electron chi connectivity index (χ2n) is 5.76. The van der Waals surface area contributed by atoms with Gasteiger partial charge < -0.3 is 10.6 Å². The van der Waals surface area contributed by atoms with Crippen LogP contribution in [-0.4, -0.2) is 17.4 Å². The molecule has 1 saturated heterocycles. The molecule has 1 aromatic carbocycles. The molecule has 1 fully saturated rings. The Bertz CT molecular complexity index is 513. The van der Waals surface area contributed by atoms with Gasteiger partial charge in [0.25, 0.3) is 0 Å². The number of carbonyl (C=O) groups excluding carboxylic acids is 2. The Morgan fingerprint density at radius 1 is 1.40 bits per heavy atom. The summed E-state index contributed by atoms with van der Waals surface area (Å²) in [6, 6.07) is 8.04. The summed E-state index contributed by atoms with van der Waals surface area (Å²) in [7, 11) is 0. The SMILES string of the molecule is Cc1cccc(CNC(=O)C2(C)CCCCC(=O)N2)c1. The van der Waals surface area contributed by atoms with Crippen molar-refractivity contribution in [1.29, 1.82) is 0 Å². The molecule has 1 heterocycles. The van der Waals surface area contributed by atoms with E-state index >= 15 is 0 Å². The molecule has 1 aromatic rings. The third-order valence-corrected chi connectivity index (χ3v) is 3.78. The summed E-state index contributed by atoms with van der Waals surface area (Å²) in [5.41, 5.74) is 1.46. The van der Waals surface area contributed by atoms with Crippen LogP contribution in [0, 0.1) is 6.92 Å². The fraction of sp³-hybridized carbons (Fsp3) is 0.500. The summed E-state index contributed by atoms with van der Waals surface area (Å²) in [6.07, 6.45) is 2.96. The molecule has 1 aliphatic heterocycles. The van der Waals surface area contributed by atoms with Crippen molar-refractivity contribution in [1.82, 2.24) is 10.6 Å². The number of nitrogens with one attached hydrogen (secondary N) is 2. The van der Waals surface area contributed by atoms with E-state index in [1.54, 1.807) is 0 Å². The molecule has 108 valence electrons. The first-order valence-corrected chi connectivity index (χ1v) is 7.14. The second kappa shape index (κ2) is 6.07. The largest absolute Gasteiger partial charge is 0.350 e. The van der Waals surface area contributed by atoms with Crippen LogP contribution in [0.5, 0.6) is 0 Å². The van der Waals surface area contributed by atoms with Gasteiger partial charge in [0, 0.05) is 13.0 Å². The smallest absolute Gasteiger partial charge is 0.245 e. The van der Waals surface area contributed by atoms with Crippen LogP contribution in [0.2, 0.25) is 0 Å². The van der Waals surface area contributed by atoms with Gasteiger partial charge in [-0.1, -0.05) is 36.2 Å². The fourth-order valence-electron chi connectivity index (χ4n) is 2.57. The Balaban J connectivity index is 1.98. The highest BCUT2D eigenvalue weighted by atomic mass is 16.2. The van der Waals surface area contributed by atoms with Crippen molar-refractivity contribution in [3.8, 4) is 0 Å². The molecule has 2 rings (SSSR count). The van der Waals surface area contributed by atoms with Crippen LogP contribution in [0.1, 0.15) is 43.7 Å². The Hall–Kier alpha value is -1.84. The topological polar surface area (TPSA) is 58.2 Å². The van der Waals surface area contributed by atoms with E-state index in [-0.39, 0.29) is 11.8 Å². The summed E-state index contributed by atoms with van der Waals surface area (Å²) >= 11 is 0. The molecule has 2 N–H and O–H groups in total. The quantitative estimate of drug-likeness (QED) is 0.886. The number of hydrogen-bond donors (Lipinski definition) is 2. The summed E-state index contributed by atoms with van der Waals surface area (Å²) in [5.74, 6) is -0.134. The molecule has 0 bridgehead atoms. The number of rotatable bonds is 3. The lowest BCUT2D eigenvalue weighted by Crippen LogP contribution is -2.55. The zero-order valence-corrected chi connectivity index (χ0v) is 12.2. The van der Waals surface area contributed by atoms with Crippen molar-refractivity contribution in [2.75, 3.05) is 0 Å². The van der Waals surface area contributed by atoms with E-state index in [0.29, 0.717) is 19.4 Å². The maximum Gasteiger partial charge on any atom is 0.245 e. The van der Waals surface area contributed by atoms with Crippen LogP contribution in [0.3, 0.4) is 0 Å². The molecule has 4 heteroatoms. The van der Waals surface area contributed by atoms with Crippen molar-refractivity contribution >= 4 is 11.8 Å². The molecule has 1 aliphatic rings. The van der Waals surface area contributed by atoms with E-state index in [1.165, 1.54) is 5.56 Å². The van der Waals surface area contributed by atoms with E-state index in [9.17, 15) is 9.59 Å². The molecule has 0 aliphatic carbocycles. The minimum Gasteiger partial charge on any atom is -0.350 e. The molecule has 0 radical (unpaired) electrons. The molecule has 2 amide bonds. The molecule has 20 heavy (non-hydrogen) atoms. The first-order valence-electron chi connectivity index (χ1n) is 7.14. The van der Waals surface area contributed by atoms with Gasteiger partial charge >= 0.3 is 0 Å². The Labute approximate surface area is 119 Å². The van der Waals surface area contributed by atoms with Gasteiger partial charge in [0.1, 0.15) is 5.54 Å². The van der Waals surface area contributed by atoms with Crippen LogP contribution in [0.4, 0.5) is 0 Å². The zero-order valence-electron chi connectivity index (χ0n) is 12.2. The highest BCUT2D eigenvalue weighted by Gasteiger charge is 2.35. The Kier molecular flexibility index (Phi) is 4.42. The first-order chi connectivity index (χ1) is 9.49. The summed E-state index contributed by atoms with van der Waals surface area (Å²) in [6.45, 7) is 4.33. The van der Waals surface area contributed by atoms with Crippen molar-refractivity contribution in [2.24, 2.45) is 0 Å². The van der Waals surface area contributed by atoms with Crippen LogP contribution in [0.15, 0.2) is 24.3 Å². The number of hydrogen-bond acceptors (Lipinski definition) is 2. The normalized spacial score (nSPS) is 22.8. The van der Waals surface area contributed by atoms with E-state index < -0.39 is 5.54 Å². The number of carbonyl (C=O) groups is 2. The van der Waals surface area contributed by atoms with Crippen LogP contribution in [0.25, 0.3) is 0 Å². The van der Waals surface area contributed by atoms with Crippen molar-refractivity contribution in [2.45, 2.75) is 51.6 Å². The van der Waals surface area contributed by atoms with Gasteiger partial charge in [0.05, 0.1) is 0 Å². The fourth-order valence-corrected chi connectivity index (χ4v) is 2.57. The highest BCUT2D eigenvalue weighted by Crippen LogP contribution is 2.19. The average molecular weight is 274 g/mol. The monoisotopic (exact) mass is 274 g/mol. The van der Waals surface area contributed by atoms with Crippen molar-refractivity contribution in [3.63, 3.8) is 0 Å². The molecular weight excluding hydrogens is 252 g/mol. The maximum absolute atomic E-state index is 12.4. The third-order valence-electron chi connectivity index (χ3n) is 3.78. The molecule has 4 nitrogen and oxygen atoms in total. The van der Waals surface area contributed by atoms with Crippen molar-refractivity contribution in [3.05, 3.63) is 35.4 Å². The van der Waals surface area contributed by atoms with Crippen molar-refractivity contribution < 1.29 is 9.59 Å². The molecule has 0 saturated carbocycles. The molecule has 0 spiro atoms. The highest BCUT2D eigenvalue weighted by molar-refractivity contribution is 5.91. The number of benzene rings is 1. The molecule has 0 aromatic heterocycles. The minimum atomic E-state index is -0.780. The van der Waals surface area contributed by atoms with Crippen LogP contribution < -0.4 is 10.6 Å². The predicted octanol–water partition coefficient (Wildman–Crippen LogP) is 2.06. The summed E-state index contributed by atoms with van der Waals surface area (Å²) in [5, 5.41) is 5.78. The first kappa shape index (κ1) is 14.6. The van der Waals surface area contributed by atoms with Gasteiger partial charge in [-0.2, -0.15) is 0 Å². The van der Waals surface area contributed by atoms with Gasteiger partial charge in [-0.05, 0) is 32.3 Å². The van der Waals surface area contributed by atoms with Gasteiger partial charge in [-0.15, -0.1) is 0 Å². The second-order valence-corrected chi connectivity index (χ2v) is 5.76. The summed E-state index contributed by atoms with van der Waals surface area (Å²) in [4.78, 5) is 24.0. The van der Waals surface area contributed by atoms with E-state index in [0.717, 1.165) is 18.4 Å². The van der Waals surface area contributed by atoms with Crippen LogP contribution >= 0.6 is 0 Å². The standard InChI is InChI=1S/C16H22N2O2/c1-12-6-5-7-13(10-12)11-17-15(20)16(2)9-4-3-8-14(19)18-16/h5-7,10H,3-4,8-9,11H2,1-2H3,(H,17,20)(H,18,19). The number of amides is 2. The van der Waals surface area contributed by atoms with Gasteiger partial charge in [0.2, 0.25) is 11.8 Å². The lowest BCUT2D eigenvalue weighted by Gasteiger charge is -2.27. The molecular formula is C16H22N2O2. The predicted molar refractivity (Wildman–Crippen MR) is 78.0 cm³/mol. The lowest BCUT2D eigenvalue weighted by molar-refractivity contribution is -0.132. The summed E-state index contributed by atoms with van der Waals surface area (Å²) < 4.78 is 0. The molecule has 1 atom stereocenters. The number of aryl methyl sites for hydroxylation is 1. The van der Waals surface area contributed by atoms with E-state index in [4.69, 9.17) is 0 Å². The maximum atomic E-state index is 12.4. The lowest BCUT2D eigenvalue weighted by atomic mass is 9.95. The molecule has 1 unspecified atom stereocenters. The Morgan fingerprint density at radius 3 is 2.95 bits per heavy atom. The van der Waals surface area contributed by atoms with E-state index in [1.807, 2.05) is 38.1 Å². The van der Waals surface area contributed by atoms with Gasteiger partial charge in [-0.3, -0.25) is 9.59 Å². The Morgan fingerprint density at radius 2 is 2.20 bits per heavy atom. The van der Waals surface area contributed by atoms with Crippen LogP contribution in [-0.2, 0) is 16.1 Å². The minimum absolute atomic E-state index is 0.0318. The zero-order chi connectivity index (χ0) is 14.6. The third kappa shape index (κ3) is 3.59. The van der Waals surface area contributed by atoms with E-state index in [2.05, 4.69) is 10.6 Å². The average Bonchev–Trinajstić information content (AvgIpc) is 2.58. The van der Waals surface area contributed by atoms with Gasteiger partial charge in [-0.25, -0.2) is 0 Å². The van der Waals surface area contributed by atoms with Gasteiger partial charge in [0.15, 0.2) is 0 Å².